The average molecular weight is 363 g/mol. The van der Waals surface area contributed by atoms with E-state index in [9.17, 15) is 9.59 Å². The maximum Gasteiger partial charge on any atom is 0.305 e. The lowest BCUT2D eigenvalue weighted by molar-refractivity contribution is -0.140. The number of nitrogens with one attached hydrogen (secondary N) is 1. The van der Waals surface area contributed by atoms with Gasteiger partial charge in [0.25, 0.3) is 5.91 Å². The van der Waals surface area contributed by atoms with E-state index < -0.39 is 0 Å². The zero-order chi connectivity index (χ0) is 15.0. The highest BCUT2D eigenvalue weighted by molar-refractivity contribution is 9.10. The third-order valence-electron chi connectivity index (χ3n) is 2.74. The van der Waals surface area contributed by atoms with Crippen molar-refractivity contribution in [1.82, 2.24) is 5.32 Å². The van der Waals surface area contributed by atoms with E-state index in [0.29, 0.717) is 23.6 Å². The van der Waals surface area contributed by atoms with Crippen molar-refractivity contribution < 1.29 is 14.3 Å². The van der Waals surface area contributed by atoms with Crippen molar-refractivity contribution in [2.45, 2.75) is 25.7 Å². The maximum absolute atomic E-state index is 11.9. The van der Waals surface area contributed by atoms with Crippen molar-refractivity contribution in [3.63, 3.8) is 0 Å². The lowest BCUT2D eigenvalue weighted by atomic mass is 10.2. The Morgan fingerprint density at radius 2 is 2.05 bits per heavy atom. The molecule has 0 aromatic heterocycles. The third-order valence-corrected chi connectivity index (χ3v) is 3.57. The van der Waals surface area contributed by atoms with Crippen LogP contribution in [0.1, 0.15) is 36.0 Å². The van der Waals surface area contributed by atoms with E-state index >= 15 is 0 Å². The minimum Gasteiger partial charge on any atom is -0.469 e. The number of unbranched alkanes of at least 4 members (excludes halogenated alkanes) is 2. The van der Waals surface area contributed by atoms with Gasteiger partial charge in [0.2, 0.25) is 0 Å². The van der Waals surface area contributed by atoms with Gasteiger partial charge in [-0.15, -0.1) is 0 Å². The van der Waals surface area contributed by atoms with Crippen LogP contribution in [-0.2, 0) is 9.53 Å². The fourth-order valence-electron chi connectivity index (χ4n) is 1.64. The average Bonchev–Trinajstić information content (AvgIpc) is 2.44. The van der Waals surface area contributed by atoms with Crippen LogP contribution >= 0.6 is 27.5 Å². The monoisotopic (exact) mass is 361 g/mol. The molecule has 0 heterocycles. The lowest BCUT2D eigenvalue weighted by Crippen LogP contribution is -2.24. The summed E-state index contributed by atoms with van der Waals surface area (Å²) in [5.41, 5.74) is 0.454. The number of carbonyl (C=O) groups excluding carboxylic acids is 2. The number of hydrogen-bond acceptors (Lipinski definition) is 3. The fourth-order valence-corrected chi connectivity index (χ4v) is 2.21. The number of rotatable bonds is 7. The quantitative estimate of drug-likeness (QED) is 0.596. The second-order valence-electron chi connectivity index (χ2n) is 4.27. The van der Waals surface area contributed by atoms with Gasteiger partial charge in [0.05, 0.1) is 17.7 Å². The summed E-state index contributed by atoms with van der Waals surface area (Å²) >= 11 is 9.28. The van der Waals surface area contributed by atoms with E-state index in [-0.39, 0.29) is 11.9 Å². The lowest BCUT2D eigenvalue weighted by Gasteiger charge is -2.07. The minimum atomic E-state index is -0.199. The van der Waals surface area contributed by atoms with Crippen LogP contribution in [0.2, 0.25) is 5.02 Å². The molecule has 0 fully saturated rings. The summed E-state index contributed by atoms with van der Waals surface area (Å²) < 4.78 is 5.36. The van der Waals surface area contributed by atoms with E-state index in [0.717, 1.165) is 23.7 Å². The number of halogens is 2. The van der Waals surface area contributed by atoms with Crippen LogP contribution in [0.3, 0.4) is 0 Å². The Kier molecular flexibility index (Phi) is 7.62. The molecule has 1 amide bonds. The number of hydrogen-bond donors (Lipinski definition) is 1. The first-order valence-corrected chi connectivity index (χ1v) is 7.51. The highest BCUT2D eigenvalue weighted by Crippen LogP contribution is 2.20. The first-order chi connectivity index (χ1) is 9.54. The van der Waals surface area contributed by atoms with Crippen LogP contribution in [0.15, 0.2) is 22.7 Å². The zero-order valence-corrected chi connectivity index (χ0v) is 13.6. The van der Waals surface area contributed by atoms with E-state index in [2.05, 4.69) is 26.0 Å². The van der Waals surface area contributed by atoms with E-state index in [1.54, 1.807) is 18.2 Å². The Hall–Kier alpha value is -1.07. The molecule has 0 spiro atoms. The molecule has 1 aromatic rings. The smallest absolute Gasteiger partial charge is 0.305 e. The predicted molar refractivity (Wildman–Crippen MR) is 82.0 cm³/mol. The molecule has 110 valence electrons. The molecule has 0 atom stereocenters. The fraction of sp³-hybridized carbons (Fsp3) is 0.429. The number of carbonyl (C=O) groups is 2. The second kappa shape index (κ2) is 8.97. The van der Waals surface area contributed by atoms with Gasteiger partial charge < -0.3 is 10.1 Å². The molecule has 0 saturated carbocycles. The van der Waals surface area contributed by atoms with Crippen molar-refractivity contribution in [3.05, 3.63) is 33.3 Å². The molecule has 0 saturated heterocycles. The van der Waals surface area contributed by atoms with Gasteiger partial charge in [-0.2, -0.15) is 0 Å². The Labute approximate surface area is 132 Å². The van der Waals surface area contributed by atoms with Gasteiger partial charge in [-0.1, -0.05) is 34.0 Å². The molecule has 0 aliphatic heterocycles. The Morgan fingerprint density at radius 3 is 2.75 bits per heavy atom. The van der Waals surface area contributed by atoms with Crippen LogP contribution < -0.4 is 5.32 Å². The summed E-state index contributed by atoms with van der Waals surface area (Å²) in [7, 11) is 1.38. The normalized spacial score (nSPS) is 10.2. The molecule has 0 unspecified atom stereocenters. The van der Waals surface area contributed by atoms with Gasteiger partial charge in [0.15, 0.2) is 0 Å². The highest BCUT2D eigenvalue weighted by atomic mass is 79.9. The van der Waals surface area contributed by atoms with E-state index in [4.69, 9.17) is 11.6 Å². The number of amides is 1. The number of benzene rings is 1. The van der Waals surface area contributed by atoms with Crippen LogP contribution in [0.25, 0.3) is 0 Å². The number of ether oxygens (including phenoxy) is 1. The standard InChI is InChI=1S/C14H17BrClNO3/c1-20-13(18)5-3-2-4-8-17-14(19)11-9-10(15)6-7-12(11)16/h6-7,9H,2-5,8H2,1H3,(H,17,19). The van der Waals surface area contributed by atoms with Crippen molar-refractivity contribution in [3.8, 4) is 0 Å². The zero-order valence-electron chi connectivity index (χ0n) is 11.2. The van der Waals surface area contributed by atoms with Gasteiger partial charge in [-0.05, 0) is 31.0 Å². The highest BCUT2D eigenvalue weighted by Gasteiger charge is 2.10. The molecule has 4 nitrogen and oxygen atoms in total. The van der Waals surface area contributed by atoms with Crippen molar-refractivity contribution in [2.24, 2.45) is 0 Å². The SMILES string of the molecule is COC(=O)CCCCCNC(=O)c1cc(Br)ccc1Cl. The summed E-state index contributed by atoms with van der Waals surface area (Å²) in [5.74, 6) is -0.390. The van der Waals surface area contributed by atoms with Crippen LogP contribution in [0.5, 0.6) is 0 Å². The first kappa shape index (κ1) is 17.0. The van der Waals surface area contributed by atoms with Gasteiger partial charge in [0, 0.05) is 17.4 Å². The first-order valence-electron chi connectivity index (χ1n) is 6.34. The molecule has 0 aliphatic rings. The summed E-state index contributed by atoms with van der Waals surface area (Å²) in [6.45, 7) is 0.558. The molecule has 0 aliphatic carbocycles. The minimum absolute atomic E-state index is 0.190. The summed E-state index contributed by atoms with van der Waals surface area (Å²) in [4.78, 5) is 22.8. The van der Waals surface area contributed by atoms with E-state index in [1.165, 1.54) is 7.11 Å². The Morgan fingerprint density at radius 1 is 1.30 bits per heavy atom. The number of esters is 1. The van der Waals surface area contributed by atoms with Gasteiger partial charge in [0.1, 0.15) is 0 Å². The third kappa shape index (κ3) is 5.92. The van der Waals surface area contributed by atoms with Crippen LogP contribution in [-0.4, -0.2) is 25.5 Å². The van der Waals surface area contributed by atoms with Crippen LogP contribution in [0, 0.1) is 0 Å². The predicted octanol–water partition coefficient (Wildman–Crippen LogP) is 3.57. The van der Waals surface area contributed by atoms with Gasteiger partial charge in [-0.3, -0.25) is 9.59 Å². The molecule has 1 rings (SSSR count). The summed E-state index contributed by atoms with van der Waals surface area (Å²) in [5, 5.41) is 3.24. The van der Waals surface area contributed by atoms with Crippen molar-refractivity contribution in [2.75, 3.05) is 13.7 Å². The molecule has 0 radical (unpaired) electrons. The van der Waals surface area contributed by atoms with E-state index in [1.807, 2.05) is 0 Å². The summed E-state index contributed by atoms with van der Waals surface area (Å²) in [6.07, 6.45) is 2.86. The summed E-state index contributed by atoms with van der Waals surface area (Å²) in [6, 6.07) is 5.15. The largest absolute Gasteiger partial charge is 0.469 e. The molecule has 1 N–H and O–H groups in total. The van der Waals surface area contributed by atoms with Crippen molar-refractivity contribution >= 4 is 39.4 Å². The van der Waals surface area contributed by atoms with Crippen LogP contribution in [0.4, 0.5) is 0 Å². The molecule has 6 heteroatoms. The Bertz CT molecular complexity index is 479. The molecule has 20 heavy (non-hydrogen) atoms. The van der Waals surface area contributed by atoms with Crippen molar-refractivity contribution in [1.29, 1.82) is 0 Å². The molecular formula is C14H17BrClNO3. The molecule has 0 bridgehead atoms. The topological polar surface area (TPSA) is 55.4 Å². The molecule has 1 aromatic carbocycles. The van der Waals surface area contributed by atoms with Gasteiger partial charge in [-0.25, -0.2) is 0 Å². The second-order valence-corrected chi connectivity index (χ2v) is 5.59. The Balaban J connectivity index is 2.27. The maximum atomic E-state index is 11.9. The van der Waals surface area contributed by atoms with Gasteiger partial charge >= 0.3 is 5.97 Å². The number of methoxy groups -OCH3 is 1. The molecular weight excluding hydrogens is 346 g/mol.